The lowest BCUT2D eigenvalue weighted by Crippen LogP contribution is -2.39. The van der Waals surface area contributed by atoms with E-state index in [1.165, 1.54) is 0 Å². The highest BCUT2D eigenvalue weighted by atomic mass is 16.5. The Morgan fingerprint density at radius 3 is 2.91 bits per heavy atom. The molecule has 0 saturated carbocycles. The number of H-pyrrole nitrogens is 1. The van der Waals surface area contributed by atoms with E-state index < -0.39 is 0 Å². The third-order valence-corrected chi connectivity index (χ3v) is 3.50. The van der Waals surface area contributed by atoms with Crippen molar-refractivity contribution in [3.63, 3.8) is 0 Å². The van der Waals surface area contributed by atoms with Gasteiger partial charge in [-0.2, -0.15) is 0 Å². The van der Waals surface area contributed by atoms with Crippen LogP contribution in [0.2, 0.25) is 0 Å². The second kappa shape index (κ2) is 8.40. The van der Waals surface area contributed by atoms with Crippen LogP contribution in [0.5, 0.6) is 0 Å². The summed E-state index contributed by atoms with van der Waals surface area (Å²) in [4.78, 5) is 33.1. The number of rotatable bonds is 8. The zero-order chi connectivity index (χ0) is 16.7. The fraction of sp³-hybridized carbons (Fsp3) is 0.438. The lowest BCUT2D eigenvalue weighted by molar-refractivity contribution is -0.130. The van der Waals surface area contributed by atoms with Crippen molar-refractivity contribution in [3.8, 4) is 0 Å². The number of carbonyl (C=O) groups is 1. The van der Waals surface area contributed by atoms with Crippen molar-refractivity contribution < 1.29 is 9.53 Å². The van der Waals surface area contributed by atoms with E-state index in [1.807, 2.05) is 13.0 Å². The largest absolute Gasteiger partial charge is 0.383 e. The van der Waals surface area contributed by atoms with E-state index in [1.54, 1.807) is 30.2 Å². The molecule has 0 radical (unpaired) electrons. The van der Waals surface area contributed by atoms with Crippen LogP contribution in [0.25, 0.3) is 10.9 Å². The monoisotopic (exact) mass is 318 g/mol. The molecular weight excluding hydrogens is 296 g/mol. The van der Waals surface area contributed by atoms with Gasteiger partial charge in [0.15, 0.2) is 0 Å². The maximum atomic E-state index is 12.2. The highest BCUT2D eigenvalue weighted by Crippen LogP contribution is 2.07. The summed E-state index contributed by atoms with van der Waals surface area (Å²) in [7, 11) is 1.61. The number of fused-ring (bicyclic) bond motifs is 1. The zero-order valence-corrected chi connectivity index (χ0v) is 13.5. The summed E-state index contributed by atoms with van der Waals surface area (Å²) in [6.07, 6.45) is 0. The van der Waals surface area contributed by atoms with E-state index in [9.17, 15) is 9.59 Å². The molecule has 23 heavy (non-hydrogen) atoms. The first-order chi connectivity index (χ1) is 11.2. The number of aromatic amines is 1. The maximum Gasteiger partial charge on any atom is 0.258 e. The summed E-state index contributed by atoms with van der Waals surface area (Å²) < 4.78 is 4.92. The normalized spacial score (nSPS) is 10.9. The average molecular weight is 318 g/mol. The number of methoxy groups -OCH3 is 1. The molecule has 124 valence electrons. The minimum atomic E-state index is -0.188. The molecule has 2 rings (SSSR count). The molecule has 2 aromatic rings. The Hall–Kier alpha value is -2.25. The standard InChI is InChI=1S/C16H22N4O3/c1-3-20(15(21)10-17-8-9-23-2)11-14-18-13-7-5-4-6-12(13)16(22)19-14/h4-7,17H,3,8-11H2,1-2H3,(H,18,19,22). The van der Waals surface area contributed by atoms with Crippen LogP contribution < -0.4 is 10.9 Å². The van der Waals surface area contributed by atoms with E-state index in [0.29, 0.717) is 36.4 Å². The Kier molecular flexibility index (Phi) is 6.25. The van der Waals surface area contributed by atoms with Crippen molar-refractivity contribution in [2.24, 2.45) is 0 Å². The van der Waals surface area contributed by atoms with Crippen LogP contribution in [0.4, 0.5) is 0 Å². The molecule has 0 aliphatic carbocycles. The summed E-state index contributed by atoms with van der Waals surface area (Å²) in [5.74, 6) is 0.445. The summed E-state index contributed by atoms with van der Waals surface area (Å²) in [6.45, 7) is 4.12. The number of amides is 1. The summed E-state index contributed by atoms with van der Waals surface area (Å²) >= 11 is 0. The zero-order valence-electron chi connectivity index (χ0n) is 13.5. The third kappa shape index (κ3) is 4.61. The van der Waals surface area contributed by atoms with Crippen molar-refractivity contribution in [3.05, 3.63) is 40.4 Å². The smallest absolute Gasteiger partial charge is 0.258 e. The molecule has 1 heterocycles. The summed E-state index contributed by atoms with van der Waals surface area (Å²) in [5.41, 5.74) is 0.445. The van der Waals surface area contributed by atoms with Gasteiger partial charge in [-0.3, -0.25) is 9.59 Å². The molecule has 1 aromatic carbocycles. The number of aromatic nitrogens is 2. The number of benzene rings is 1. The van der Waals surface area contributed by atoms with Crippen molar-refractivity contribution in [1.29, 1.82) is 0 Å². The van der Waals surface area contributed by atoms with Gasteiger partial charge in [-0.15, -0.1) is 0 Å². The molecule has 0 saturated heterocycles. The highest BCUT2D eigenvalue weighted by molar-refractivity contribution is 5.79. The van der Waals surface area contributed by atoms with Gasteiger partial charge in [-0.05, 0) is 19.1 Å². The Bertz CT molecular complexity index is 714. The lowest BCUT2D eigenvalue weighted by atomic mass is 10.2. The number of para-hydroxylation sites is 1. The van der Waals surface area contributed by atoms with E-state index in [4.69, 9.17) is 4.74 Å². The molecule has 0 aliphatic rings. The maximum absolute atomic E-state index is 12.2. The van der Waals surface area contributed by atoms with Gasteiger partial charge in [0.1, 0.15) is 5.82 Å². The number of nitrogens with zero attached hydrogens (tertiary/aromatic N) is 2. The van der Waals surface area contributed by atoms with Gasteiger partial charge in [0.2, 0.25) is 5.91 Å². The molecule has 0 bridgehead atoms. The van der Waals surface area contributed by atoms with Crippen LogP contribution in [0.3, 0.4) is 0 Å². The fourth-order valence-corrected chi connectivity index (χ4v) is 2.25. The molecule has 1 aromatic heterocycles. The Balaban J connectivity index is 2.06. The molecule has 0 unspecified atom stereocenters. The second-order valence-corrected chi connectivity index (χ2v) is 5.11. The quantitative estimate of drug-likeness (QED) is 0.693. The highest BCUT2D eigenvalue weighted by Gasteiger charge is 2.13. The molecule has 7 nitrogen and oxygen atoms in total. The van der Waals surface area contributed by atoms with Gasteiger partial charge in [0.25, 0.3) is 5.56 Å². The Morgan fingerprint density at radius 1 is 1.39 bits per heavy atom. The Morgan fingerprint density at radius 2 is 2.17 bits per heavy atom. The third-order valence-electron chi connectivity index (χ3n) is 3.50. The molecule has 0 atom stereocenters. The van der Waals surface area contributed by atoms with Gasteiger partial charge in [0.05, 0.1) is 30.6 Å². The van der Waals surface area contributed by atoms with Gasteiger partial charge in [0, 0.05) is 20.2 Å². The number of hydrogen-bond acceptors (Lipinski definition) is 5. The first-order valence-corrected chi connectivity index (χ1v) is 7.61. The lowest BCUT2D eigenvalue weighted by Gasteiger charge is -2.20. The van der Waals surface area contributed by atoms with Crippen molar-refractivity contribution >= 4 is 16.8 Å². The summed E-state index contributed by atoms with van der Waals surface area (Å²) in [6, 6.07) is 7.15. The number of hydrogen-bond donors (Lipinski definition) is 2. The number of ether oxygens (including phenoxy) is 1. The Labute approximate surface area is 134 Å². The minimum Gasteiger partial charge on any atom is -0.383 e. The van der Waals surface area contributed by atoms with Gasteiger partial charge >= 0.3 is 0 Å². The van der Waals surface area contributed by atoms with Crippen LogP contribution in [-0.4, -0.2) is 54.1 Å². The van der Waals surface area contributed by atoms with E-state index in [2.05, 4.69) is 15.3 Å². The molecule has 2 N–H and O–H groups in total. The predicted octanol–water partition coefficient (Wildman–Crippen LogP) is 0.508. The van der Waals surface area contributed by atoms with Crippen LogP contribution >= 0.6 is 0 Å². The van der Waals surface area contributed by atoms with E-state index in [0.717, 1.165) is 0 Å². The first kappa shape index (κ1) is 17.1. The topological polar surface area (TPSA) is 87.3 Å². The van der Waals surface area contributed by atoms with Crippen LogP contribution in [0, 0.1) is 0 Å². The van der Waals surface area contributed by atoms with Gasteiger partial charge in [-0.25, -0.2) is 4.98 Å². The SMILES string of the molecule is CCN(Cc1nc2ccccc2c(=O)[nH]1)C(=O)CNCCOC. The number of nitrogens with one attached hydrogen (secondary N) is 2. The van der Waals surface area contributed by atoms with Crippen molar-refractivity contribution in [2.45, 2.75) is 13.5 Å². The number of carbonyl (C=O) groups excluding carboxylic acids is 1. The van der Waals surface area contributed by atoms with Crippen LogP contribution in [-0.2, 0) is 16.1 Å². The molecular formula is C16H22N4O3. The van der Waals surface area contributed by atoms with Crippen LogP contribution in [0.15, 0.2) is 29.1 Å². The number of likely N-dealkylation sites (N-methyl/N-ethyl adjacent to an activating group) is 1. The van der Waals surface area contributed by atoms with Crippen LogP contribution in [0.1, 0.15) is 12.7 Å². The molecule has 0 aliphatic heterocycles. The fourth-order valence-electron chi connectivity index (χ4n) is 2.25. The second-order valence-electron chi connectivity index (χ2n) is 5.11. The van der Waals surface area contributed by atoms with Gasteiger partial charge < -0.3 is 19.9 Å². The predicted molar refractivity (Wildman–Crippen MR) is 88.2 cm³/mol. The van der Waals surface area contributed by atoms with E-state index in [-0.39, 0.29) is 24.6 Å². The molecule has 7 heteroatoms. The summed E-state index contributed by atoms with van der Waals surface area (Å²) in [5, 5.41) is 3.57. The average Bonchev–Trinajstić information content (AvgIpc) is 2.56. The first-order valence-electron chi connectivity index (χ1n) is 7.61. The van der Waals surface area contributed by atoms with E-state index >= 15 is 0 Å². The molecule has 0 spiro atoms. The van der Waals surface area contributed by atoms with Gasteiger partial charge in [-0.1, -0.05) is 12.1 Å². The van der Waals surface area contributed by atoms with Crippen molar-refractivity contribution in [1.82, 2.24) is 20.2 Å². The molecule has 1 amide bonds. The molecule has 0 fully saturated rings. The van der Waals surface area contributed by atoms with Crippen molar-refractivity contribution in [2.75, 3.05) is 33.4 Å². The minimum absolute atomic E-state index is 0.0422.